The summed E-state index contributed by atoms with van der Waals surface area (Å²) in [5.41, 5.74) is -2.51. The van der Waals surface area contributed by atoms with Gasteiger partial charge in [0.2, 0.25) is 5.91 Å². The quantitative estimate of drug-likeness (QED) is 0.815. The molecule has 1 unspecified atom stereocenters. The highest BCUT2D eigenvalue weighted by Crippen LogP contribution is 2.25. The molecule has 6 nitrogen and oxygen atoms in total. The number of nitrogens with zero attached hydrogens (tertiary/aromatic N) is 2. The van der Waals surface area contributed by atoms with Crippen LogP contribution >= 0.6 is 0 Å². The van der Waals surface area contributed by atoms with Crippen molar-refractivity contribution in [3.63, 3.8) is 0 Å². The van der Waals surface area contributed by atoms with Gasteiger partial charge in [0.25, 0.3) is 5.56 Å². The topological polar surface area (TPSA) is 63.6 Å². The summed E-state index contributed by atoms with van der Waals surface area (Å²) in [5, 5.41) is 2.63. The second-order valence-electron chi connectivity index (χ2n) is 6.80. The van der Waals surface area contributed by atoms with Crippen LogP contribution in [0.1, 0.15) is 19.4 Å². The Hall–Kier alpha value is -1.87. The maximum Gasteiger partial charge on any atom is 0.421 e. The second-order valence-corrected chi connectivity index (χ2v) is 6.80. The van der Waals surface area contributed by atoms with Crippen molar-refractivity contribution in [2.45, 2.75) is 32.7 Å². The first-order valence-corrected chi connectivity index (χ1v) is 8.54. The Labute approximate surface area is 149 Å². The first kappa shape index (κ1) is 20.4. The normalized spacial score (nSPS) is 18.9. The number of halogens is 3. The molecule has 0 spiro atoms. The predicted octanol–water partition coefficient (Wildman–Crippen LogP) is 1.34. The molecule has 1 saturated heterocycles. The molecule has 0 aliphatic carbocycles. The van der Waals surface area contributed by atoms with Crippen LogP contribution < -0.4 is 10.9 Å². The van der Waals surface area contributed by atoms with E-state index in [9.17, 15) is 22.8 Å². The van der Waals surface area contributed by atoms with Crippen LogP contribution in [-0.2, 0) is 22.3 Å². The average molecular weight is 375 g/mol. The number of morpholine rings is 1. The molecular weight excluding hydrogens is 351 g/mol. The highest BCUT2D eigenvalue weighted by molar-refractivity contribution is 5.75. The van der Waals surface area contributed by atoms with Gasteiger partial charge in [-0.15, -0.1) is 0 Å². The lowest BCUT2D eigenvalue weighted by Gasteiger charge is -2.33. The summed E-state index contributed by atoms with van der Waals surface area (Å²) in [4.78, 5) is 26.1. The van der Waals surface area contributed by atoms with Crippen LogP contribution in [0.25, 0.3) is 0 Å². The maximum absolute atomic E-state index is 12.7. The summed E-state index contributed by atoms with van der Waals surface area (Å²) in [6.45, 7) is 7.06. The van der Waals surface area contributed by atoms with E-state index < -0.39 is 29.8 Å². The van der Waals surface area contributed by atoms with E-state index in [4.69, 9.17) is 4.74 Å². The molecule has 26 heavy (non-hydrogen) atoms. The fourth-order valence-electron chi connectivity index (χ4n) is 2.90. The highest BCUT2D eigenvalue weighted by Gasteiger charge is 2.34. The maximum atomic E-state index is 12.7. The number of carbonyl (C=O) groups excluding carboxylic acids is 1. The zero-order chi connectivity index (χ0) is 19.3. The van der Waals surface area contributed by atoms with Crippen molar-refractivity contribution in [3.05, 3.63) is 34.2 Å². The molecule has 0 saturated carbocycles. The standard InChI is InChI=1S/C17H24F3N3O3/c1-12(2)9-22-6-7-26-13(10-22)8-21-15(24)11-23-5-3-4-14(16(23)25)17(18,19)20/h3-5,12-13H,6-11H2,1-2H3,(H,21,24). The van der Waals surface area contributed by atoms with Crippen LogP contribution in [-0.4, -0.2) is 54.3 Å². The molecule has 1 atom stereocenters. The molecule has 1 aliphatic rings. The van der Waals surface area contributed by atoms with Crippen LogP contribution in [0.5, 0.6) is 0 Å². The minimum absolute atomic E-state index is 0.176. The lowest BCUT2D eigenvalue weighted by atomic mass is 10.2. The molecule has 2 heterocycles. The lowest BCUT2D eigenvalue weighted by Crippen LogP contribution is -2.49. The minimum Gasteiger partial charge on any atom is -0.374 e. The number of aromatic nitrogens is 1. The number of amides is 1. The fourth-order valence-corrected chi connectivity index (χ4v) is 2.90. The Bertz CT molecular complexity index is 673. The van der Waals surface area contributed by atoms with Crippen molar-refractivity contribution >= 4 is 5.91 Å². The van der Waals surface area contributed by atoms with Crippen LogP contribution in [0.2, 0.25) is 0 Å². The number of hydrogen-bond donors (Lipinski definition) is 1. The third-order valence-corrected chi connectivity index (χ3v) is 4.01. The highest BCUT2D eigenvalue weighted by atomic mass is 19.4. The summed E-state index contributed by atoms with van der Waals surface area (Å²) in [7, 11) is 0. The number of pyridine rings is 1. The Morgan fingerprint density at radius 1 is 1.42 bits per heavy atom. The van der Waals surface area contributed by atoms with E-state index in [0.717, 1.165) is 23.7 Å². The SMILES string of the molecule is CC(C)CN1CCOC(CNC(=O)Cn2cccc(C(F)(F)F)c2=O)C1. The van der Waals surface area contributed by atoms with E-state index in [0.29, 0.717) is 25.1 Å². The van der Waals surface area contributed by atoms with Crippen LogP contribution in [0.4, 0.5) is 13.2 Å². The van der Waals surface area contributed by atoms with E-state index in [1.54, 1.807) is 0 Å². The molecule has 1 fully saturated rings. The molecule has 1 aliphatic heterocycles. The van der Waals surface area contributed by atoms with Gasteiger partial charge >= 0.3 is 6.18 Å². The first-order valence-electron chi connectivity index (χ1n) is 8.54. The summed E-state index contributed by atoms with van der Waals surface area (Å²) in [6, 6.07) is 1.81. The molecule has 1 aromatic heterocycles. The van der Waals surface area contributed by atoms with E-state index in [2.05, 4.69) is 24.1 Å². The summed E-state index contributed by atoms with van der Waals surface area (Å²) >= 11 is 0. The molecule has 0 radical (unpaired) electrons. The molecule has 1 N–H and O–H groups in total. The zero-order valence-corrected chi connectivity index (χ0v) is 14.9. The smallest absolute Gasteiger partial charge is 0.374 e. The zero-order valence-electron chi connectivity index (χ0n) is 14.9. The van der Waals surface area contributed by atoms with Gasteiger partial charge in [0.15, 0.2) is 0 Å². The molecular formula is C17H24F3N3O3. The molecule has 0 aromatic carbocycles. The van der Waals surface area contributed by atoms with Gasteiger partial charge in [-0.3, -0.25) is 14.5 Å². The van der Waals surface area contributed by atoms with Crippen LogP contribution in [0.3, 0.4) is 0 Å². The Kier molecular flexibility index (Phi) is 6.82. The van der Waals surface area contributed by atoms with E-state index >= 15 is 0 Å². The fraction of sp³-hybridized carbons (Fsp3) is 0.647. The van der Waals surface area contributed by atoms with Crippen molar-refractivity contribution in [2.24, 2.45) is 5.92 Å². The van der Waals surface area contributed by atoms with Gasteiger partial charge in [0.05, 0.1) is 12.7 Å². The van der Waals surface area contributed by atoms with Crippen molar-refractivity contribution in [3.8, 4) is 0 Å². The van der Waals surface area contributed by atoms with Gasteiger partial charge in [-0.2, -0.15) is 13.2 Å². The van der Waals surface area contributed by atoms with Gasteiger partial charge in [0, 0.05) is 32.4 Å². The molecule has 0 bridgehead atoms. The van der Waals surface area contributed by atoms with E-state index in [1.165, 1.54) is 6.20 Å². The number of hydrogen-bond acceptors (Lipinski definition) is 4. The Morgan fingerprint density at radius 2 is 2.15 bits per heavy atom. The molecule has 146 valence electrons. The molecule has 1 amide bonds. The van der Waals surface area contributed by atoms with Gasteiger partial charge in [-0.25, -0.2) is 0 Å². The van der Waals surface area contributed by atoms with Crippen molar-refractivity contribution < 1.29 is 22.7 Å². The Morgan fingerprint density at radius 3 is 2.81 bits per heavy atom. The summed E-state index contributed by atoms with van der Waals surface area (Å²) < 4.78 is 44.6. The monoisotopic (exact) mass is 375 g/mol. The third-order valence-electron chi connectivity index (χ3n) is 4.01. The Balaban J connectivity index is 1.89. The van der Waals surface area contributed by atoms with Crippen LogP contribution in [0, 0.1) is 5.92 Å². The summed E-state index contributed by atoms with van der Waals surface area (Å²) in [6.07, 6.45) is -3.75. The van der Waals surface area contributed by atoms with Gasteiger partial charge < -0.3 is 14.6 Å². The largest absolute Gasteiger partial charge is 0.421 e. The summed E-state index contributed by atoms with van der Waals surface area (Å²) in [5.74, 6) is -0.00728. The molecule has 9 heteroatoms. The number of alkyl halides is 3. The van der Waals surface area contributed by atoms with Crippen molar-refractivity contribution in [1.29, 1.82) is 0 Å². The lowest BCUT2D eigenvalue weighted by molar-refractivity contribution is -0.139. The minimum atomic E-state index is -4.74. The second kappa shape index (κ2) is 8.68. The number of ether oxygens (including phenoxy) is 1. The molecule has 2 rings (SSSR count). The molecule has 1 aromatic rings. The van der Waals surface area contributed by atoms with Gasteiger partial charge in [-0.05, 0) is 18.1 Å². The number of rotatable bonds is 6. The van der Waals surface area contributed by atoms with E-state index in [1.807, 2.05) is 0 Å². The van der Waals surface area contributed by atoms with E-state index in [-0.39, 0.29) is 12.6 Å². The first-order chi connectivity index (χ1) is 12.2. The van der Waals surface area contributed by atoms with Gasteiger partial charge in [0.1, 0.15) is 12.1 Å². The van der Waals surface area contributed by atoms with Crippen LogP contribution in [0.15, 0.2) is 23.1 Å². The number of nitrogens with one attached hydrogen (secondary N) is 1. The predicted molar refractivity (Wildman–Crippen MR) is 89.7 cm³/mol. The number of carbonyl (C=O) groups is 1. The average Bonchev–Trinajstić information content (AvgIpc) is 2.53. The third kappa shape index (κ3) is 5.84. The van der Waals surface area contributed by atoms with Gasteiger partial charge in [-0.1, -0.05) is 13.8 Å². The van der Waals surface area contributed by atoms with Crippen molar-refractivity contribution in [1.82, 2.24) is 14.8 Å². The van der Waals surface area contributed by atoms with Crippen molar-refractivity contribution in [2.75, 3.05) is 32.8 Å².